The van der Waals surface area contributed by atoms with Crippen LogP contribution in [0.4, 0.5) is 0 Å². The Balaban J connectivity index is 2.84. The second-order valence-corrected chi connectivity index (χ2v) is 5.12. The Kier molecular flexibility index (Phi) is 7.05. The first-order valence-corrected chi connectivity index (χ1v) is 7.19. The van der Waals surface area contributed by atoms with Crippen molar-refractivity contribution in [1.29, 1.82) is 0 Å². The lowest BCUT2D eigenvalue weighted by atomic mass is 9.95. The predicted molar refractivity (Wildman–Crippen MR) is 80.6 cm³/mol. The van der Waals surface area contributed by atoms with Crippen LogP contribution in [0.5, 0.6) is 0 Å². The van der Waals surface area contributed by atoms with E-state index in [1.807, 2.05) is 12.1 Å². The molecule has 0 aliphatic heterocycles. The van der Waals surface area contributed by atoms with Gasteiger partial charge in [-0.1, -0.05) is 38.1 Å². The SMILES string of the molecule is CCC(C)c1ccc(C(=O)C(CC(=O)O)NCCO)cc1. The molecule has 5 nitrogen and oxygen atoms in total. The van der Waals surface area contributed by atoms with E-state index in [1.165, 1.54) is 0 Å². The molecule has 2 unspecified atom stereocenters. The third-order valence-corrected chi connectivity index (χ3v) is 3.57. The average Bonchev–Trinajstić information content (AvgIpc) is 2.49. The van der Waals surface area contributed by atoms with Crippen LogP contribution >= 0.6 is 0 Å². The molecule has 1 aromatic rings. The third kappa shape index (κ3) is 5.28. The number of aliphatic hydroxyl groups excluding tert-OH is 1. The summed E-state index contributed by atoms with van der Waals surface area (Å²) >= 11 is 0. The van der Waals surface area contributed by atoms with Gasteiger partial charge in [0.15, 0.2) is 5.78 Å². The van der Waals surface area contributed by atoms with E-state index in [1.54, 1.807) is 12.1 Å². The molecule has 3 N–H and O–H groups in total. The van der Waals surface area contributed by atoms with Crippen molar-refractivity contribution in [3.63, 3.8) is 0 Å². The van der Waals surface area contributed by atoms with E-state index in [-0.39, 0.29) is 25.4 Å². The van der Waals surface area contributed by atoms with Crippen molar-refractivity contribution in [3.8, 4) is 0 Å². The van der Waals surface area contributed by atoms with Crippen LogP contribution in [-0.2, 0) is 4.79 Å². The normalized spacial score (nSPS) is 13.7. The zero-order valence-electron chi connectivity index (χ0n) is 12.5. The van der Waals surface area contributed by atoms with Crippen LogP contribution < -0.4 is 5.32 Å². The number of Topliss-reactive ketones (excluding diaryl/α,β-unsaturated/α-hetero) is 1. The molecule has 0 radical (unpaired) electrons. The summed E-state index contributed by atoms with van der Waals surface area (Å²) in [7, 11) is 0. The molecule has 0 saturated carbocycles. The fourth-order valence-corrected chi connectivity index (χ4v) is 2.08. The number of nitrogens with one attached hydrogen (secondary N) is 1. The number of aliphatic hydroxyl groups is 1. The van der Waals surface area contributed by atoms with Gasteiger partial charge in [0, 0.05) is 12.1 Å². The summed E-state index contributed by atoms with van der Waals surface area (Å²) in [6.45, 7) is 4.27. The molecule has 1 rings (SSSR count). The largest absolute Gasteiger partial charge is 0.481 e. The molecule has 2 atom stereocenters. The van der Waals surface area contributed by atoms with Gasteiger partial charge in [0.2, 0.25) is 0 Å². The number of hydrogen-bond acceptors (Lipinski definition) is 4. The number of carbonyl (C=O) groups is 2. The second-order valence-electron chi connectivity index (χ2n) is 5.12. The van der Waals surface area contributed by atoms with Crippen molar-refractivity contribution in [1.82, 2.24) is 5.32 Å². The number of rotatable bonds is 9. The van der Waals surface area contributed by atoms with Gasteiger partial charge in [0.05, 0.1) is 19.1 Å². The van der Waals surface area contributed by atoms with E-state index in [0.29, 0.717) is 11.5 Å². The van der Waals surface area contributed by atoms with Crippen molar-refractivity contribution < 1.29 is 19.8 Å². The Hall–Kier alpha value is -1.72. The summed E-state index contributed by atoms with van der Waals surface area (Å²) in [6, 6.07) is 6.47. The molecule has 5 heteroatoms. The van der Waals surface area contributed by atoms with Gasteiger partial charge >= 0.3 is 5.97 Å². The van der Waals surface area contributed by atoms with Gasteiger partial charge in [0.25, 0.3) is 0 Å². The molecular weight excluding hydrogens is 270 g/mol. The molecule has 1 aromatic carbocycles. The minimum atomic E-state index is -1.05. The number of aliphatic carboxylic acids is 1. The summed E-state index contributed by atoms with van der Waals surface area (Å²) in [6.07, 6.45) is 0.721. The third-order valence-electron chi connectivity index (χ3n) is 3.57. The smallest absolute Gasteiger partial charge is 0.305 e. The number of carboxylic acid groups (broad SMARTS) is 1. The lowest BCUT2D eigenvalue weighted by Gasteiger charge is -2.16. The fraction of sp³-hybridized carbons (Fsp3) is 0.500. The van der Waals surface area contributed by atoms with Crippen LogP contribution in [0.3, 0.4) is 0 Å². The Morgan fingerprint density at radius 3 is 2.33 bits per heavy atom. The molecule has 0 heterocycles. The Labute approximate surface area is 125 Å². The minimum Gasteiger partial charge on any atom is -0.481 e. The maximum absolute atomic E-state index is 12.3. The molecule has 0 spiro atoms. The maximum atomic E-state index is 12.3. The van der Waals surface area contributed by atoms with E-state index in [2.05, 4.69) is 19.2 Å². The molecule has 0 bridgehead atoms. The predicted octanol–water partition coefficient (Wildman–Crippen LogP) is 1.81. The first-order valence-electron chi connectivity index (χ1n) is 7.19. The summed E-state index contributed by atoms with van der Waals surface area (Å²) in [5, 5.41) is 20.4. The minimum absolute atomic E-state index is 0.143. The van der Waals surface area contributed by atoms with Crippen molar-refractivity contribution in [2.24, 2.45) is 0 Å². The van der Waals surface area contributed by atoms with Gasteiger partial charge in [-0.25, -0.2) is 0 Å². The van der Waals surface area contributed by atoms with Gasteiger partial charge in [-0.3, -0.25) is 9.59 Å². The van der Waals surface area contributed by atoms with Crippen LogP contribution in [0.15, 0.2) is 24.3 Å². The highest BCUT2D eigenvalue weighted by molar-refractivity contribution is 6.01. The standard InChI is InChI=1S/C16H23NO4/c1-3-11(2)12-4-6-13(7-5-12)16(21)14(10-15(19)20)17-8-9-18/h4-7,11,14,17-18H,3,8-10H2,1-2H3,(H,19,20). The highest BCUT2D eigenvalue weighted by atomic mass is 16.4. The van der Waals surface area contributed by atoms with E-state index >= 15 is 0 Å². The Morgan fingerprint density at radius 1 is 1.24 bits per heavy atom. The molecule has 0 fully saturated rings. The zero-order chi connectivity index (χ0) is 15.8. The Morgan fingerprint density at radius 2 is 1.86 bits per heavy atom. The molecule has 0 aliphatic rings. The molecule has 0 aromatic heterocycles. The van der Waals surface area contributed by atoms with E-state index in [4.69, 9.17) is 10.2 Å². The molecule has 21 heavy (non-hydrogen) atoms. The highest BCUT2D eigenvalue weighted by Crippen LogP contribution is 2.19. The highest BCUT2D eigenvalue weighted by Gasteiger charge is 2.22. The van der Waals surface area contributed by atoms with Gasteiger partial charge in [-0.2, -0.15) is 0 Å². The molecular formula is C16H23NO4. The van der Waals surface area contributed by atoms with Gasteiger partial charge < -0.3 is 15.5 Å². The van der Waals surface area contributed by atoms with Gasteiger partial charge in [0.1, 0.15) is 0 Å². The first kappa shape index (κ1) is 17.3. The van der Waals surface area contributed by atoms with E-state index < -0.39 is 12.0 Å². The number of benzene rings is 1. The molecule has 0 amide bonds. The summed E-state index contributed by atoms with van der Waals surface area (Å²) in [5.41, 5.74) is 1.64. The van der Waals surface area contributed by atoms with Crippen LogP contribution in [-0.4, -0.2) is 41.2 Å². The van der Waals surface area contributed by atoms with Crippen LogP contribution in [0.2, 0.25) is 0 Å². The van der Waals surface area contributed by atoms with Crippen molar-refractivity contribution in [2.75, 3.05) is 13.2 Å². The summed E-state index contributed by atoms with van der Waals surface area (Å²) < 4.78 is 0. The monoisotopic (exact) mass is 293 g/mol. The van der Waals surface area contributed by atoms with Crippen LogP contribution in [0.25, 0.3) is 0 Å². The lowest BCUT2D eigenvalue weighted by molar-refractivity contribution is -0.137. The van der Waals surface area contributed by atoms with Crippen LogP contribution in [0, 0.1) is 0 Å². The fourth-order valence-electron chi connectivity index (χ4n) is 2.08. The van der Waals surface area contributed by atoms with Crippen molar-refractivity contribution in [3.05, 3.63) is 35.4 Å². The van der Waals surface area contributed by atoms with Gasteiger partial charge in [-0.05, 0) is 17.9 Å². The number of hydrogen-bond donors (Lipinski definition) is 3. The first-order chi connectivity index (χ1) is 9.99. The van der Waals surface area contributed by atoms with Gasteiger partial charge in [-0.15, -0.1) is 0 Å². The molecule has 0 aliphatic carbocycles. The number of ketones is 1. The number of carbonyl (C=O) groups excluding carboxylic acids is 1. The summed E-state index contributed by atoms with van der Waals surface area (Å²) in [5.74, 6) is -0.881. The van der Waals surface area contributed by atoms with E-state index in [0.717, 1.165) is 12.0 Å². The Bertz CT molecular complexity index is 470. The molecule has 0 saturated heterocycles. The van der Waals surface area contributed by atoms with Crippen molar-refractivity contribution in [2.45, 2.75) is 38.6 Å². The maximum Gasteiger partial charge on any atom is 0.305 e. The van der Waals surface area contributed by atoms with Crippen LogP contribution in [0.1, 0.15) is 48.5 Å². The summed E-state index contributed by atoms with van der Waals surface area (Å²) in [4.78, 5) is 23.2. The molecule has 116 valence electrons. The average molecular weight is 293 g/mol. The topological polar surface area (TPSA) is 86.6 Å². The lowest BCUT2D eigenvalue weighted by Crippen LogP contribution is -2.40. The van der Waals surface area contributed by atoms with Crippen molar-refractivity contribution >= 4 is 11.8 Å². The zero-order valence-corrected chi connectivity index (χ0v) is 12.5. The second kappa shape index (κ2) is 8.54. The quantitative estimate of drug-likeness (QED) is 0.604. The number of carboxylic acids is 1. The van der Waals surface area contributed by atoms with E-state index in [9.17, 15) is 9.59 Å².